The van der Waals surface area contributed by atoms with E-state index < -0.39 is 29.4 Å². The summed E-state index contributed by atoms with van der Waals surface area (Å²) in [4.78, 5) is 12.5. The quantitative estimate of drug-likeness (QED) is 0.556. The Morgan fingerprint density at radius 2 is 1.77 bits per heavy atom. The number of halogens is 2. The van der Waals surface area contributed by atoms with Gasteiger partial charge in [-0.25, -0.2) is 13.6 Å². The molecule has 1 aliphatic rings. The van der Waals surface area contributed by atoms with Crippen molar-refractivity contribution in [2.24, 2.45) is 0 Å². The van der Waals surface area contributed by atoms with Gasteiger partial charge in [0.15, 0.2) is 11.3 Å². The zero-order valence-electron chi connectivity index (χ0n) is 20.6. The molecule has 1 saturated heterocycles. The number of hydrogen-bond donors (Lipinski definition) is 1. The first kappa shape index (κ1) is 26.5. The molecule has 8 heteroatoms. The van der Waals surface area contributed by atoms with Crippen LogP contribution < -0.4 is 10.1 Å². The monoisotopic (exact) mass is 487 g/mol. The van der Waals surface area contributed by atoms with Crippen molar-refractivity contribution in [2.45, 2.75) is 64.6 Å². The highest BCUT2D eigenvalue weighted by atomic mass is 19.3. The summed E-state index contributed by atoms with van der Waals surface area (Å²) in [5.41, 5.74) is -0.991. The van der Waals surface area contributed by atoms with Crippen molar-refractivity contribution < 1.29 is 32.5 Å². The van der Waals surface area contributed by atoms with E-state index in [0.29, 0.717) is 5.56 Å². The molecule has 0 bridgehead atoms. The molecule has 0 atom stereocenters. The normalized spacial score (nSPS) is 16.7. The lowest BCUT2D eigenvalue weighted by molar-refractivity contribution is -0.262. The molecule has 0 saturated carbocycles. The fourth-order valence-electron chi connectivity index (χ4n) is 3.21. The zero-order valence-corrected chi connectivity index (χ0v) is 20.6. The highest BCUT2D eigenvalue weighted by Crippen LogP contribution is 2.31. The van der Waals surface area contributed by atoms with Gasteiger partial charge in [0, 0.05) is 5.56 Å². The predicted molar refractivity (Wildman–Crippen MR) is 127 cm³/mol. The Hall–Kier alpha value is -3.15. The molecule has 1 N–H and O–H groups in total. The van der Waals surface area contributed by atoms with Crippen LogP contribution in [-0.4, -0.2) is 36.2 Å². The van der Waals surface area contributed by atoms with E-state index in [1.807, 2.05) is 30.3 Å². The summed E-state index contributed by atoms with van der Waals surface area (Å²) in [5.74, 6) is 5.07. The second kappa shape index (κ2) is 10.6. The van der Waals surface area contributed by atoms with Crippen LogP contribution in [0.1, 0.15) is 57.7 Å². The van der Waals surface area contributed by atoms with E-state index in [4.69, 9.17) is 18.9 Å². The molecule has 1 fully saturated rings. The summed E-state index contributed by atoms with van der Waals surface area (Å²) < 4.78 is 50.0. The average molecular weight is 488 g/mol. The molecule has 0 unspecified atom stereocenters. The lowest BCUT2D eigenvalue weighted by atomic mass is 10.00. The van der Waals surface area contributed by atoms with Gasteiger partial charge in [-0.15, -0.1) is 0 Å². The van der Waals surface area contributed by atoms with Crippen LogP contribution in [0.5, 0.6) is 5.75 Å². The van der Waals surface area contributed by atoms with Crippen molar-refractivity contribution in [2.75, 3.05) is 13.2 Å². The fraction of sp³-hybridized carbons (Fsp3) is 0.444. The summed E-state index contributed by atoms with van der Waals surface area (Å²) >= 11 is 0. The minimum Gasteiger partial charge on any atom is -0.488 e. The molecule has 2 aromatic rings. The van der Waals surface area contributed by atoms with Crippen LogP contribution in [0.15, 0.2) is 48.5 Å². The third-order valence-corrected chi connectivity index (χ3v) is 5.00. The van der Waals surface area contributed by atoms with Crippen LogP contribution in [0.3, 0.4) is 0 Å². The average Bonchev–Trinajstić information content (AvgIpc) is 2.78. The lowest BCUT2D eigenvalue weighted by Crippen LogP contribution is -2.60. The number of alkyl carbamates (subject to hydrolysis) is 1. The van der Waals surface area contributed by atoms with Crippen molar-refractivity contribution in [3.8, 4) is 17.6 Å². The minimum atomic E-state index is -2.75. The number of ether oxygens (including phenoxy) is 4. The Bertz CT molecular complexity index is 1070. The SMILES string of the molecule is CC(C)(C)OC(=O)NC1(C#Cc2ccc(OCc3ccccc3)c(C(F)F)c2)COC(C)(C)OC1. The topological polar surface area (TPSA) is 66.0 Å². The molecule has 0 aliphatic carbocycles. The summed E-state index contributed by atoms with van der Waals surface area (Å²) in [6.45, 7) is 8.97. The van der Waals surface area contributed by atoms with Crippen LogP contribution in [-0.2, 0) is 20.8 Å². The lowest BCUT2D eigenvalue weighted by Gasteiger charge is -2.41. The number of rotatable bonds is 5. The van der Waals surface area contributed by atoms with Gasteiger partial charge in [-0.2, -0.15) is 0 Å². The number of benzene rings is 2. The highest BCUT2D eigenvalue weighted by Gasteiger charge is 2.41. The molecule has 0 spiro atoms. The van der Waals surface area contributed by atoms with Gasteiger partial charge in [0.25, 0.3) is 6.43 Å². The Labute approximate surface area is 204 Å². The Morgan fingerprint density at radius 3 is 2.37 bits per heavy atom. The van der Waals surface area contributed by atoms with Crippen molar-refractivity contribution >= 4 is 6.09 Å². The van der Waals surface area contributed by atoms with E-state index in [2.05, 4.69) is 17.2 Å². The van der Waals surface area contributed by atoms with Gasteiger partial charge in [-0.05, 0) is 58.4 Å². The molecule has 6 nitrogen and oxygen atoms in total. The first-order valence-corrected chi connectivity index (χ1v) is 11.3. The van der Waals surface area contributed by atoms with Gasteiger partial charge < -0.3 is 24.3 Å². The summed E-state index contributed by atoms with van der Waals surface area (Å²) in [7, 11) is 0. The number of alkyl halides is 2. The molecule has 0 radical (unpaired) electrons. The second-order valence-corrected chi connectivity index (χ2v) is 9.76. The zero-order chi connectivity index (χ0) is 25.7. The van der Waals surface area contributed by atoms with Crippen LogP contribution >= 0.6 is 0 Å². The van der Waals surface area contributed by atoms with E-state index in [0.717, 1.165) is 5.56 Å². The van der Waals surface area contributed by atoms with Crippen molar-refractivity contribution in [3.63, 3.8) is 0 Å². The maximum absolute atomic E-state index is 13.8. The van der Waals surface area contributed by atoms with Crippen LogP contribution in [0.25, 0.3) is 0 Å². The molecular formula is C27H31F2NO5. The Kier molecular flexibility index (Phi) is 8.04. The molecule has 0 aromatic heterocycles. The fourth-order valence-corrected chi connectivity index (χ4v) is 3.21. The largest absolute Gasteiger partial charge is 0.488 e. The first-order valence-electron chi connectivity index (χ1n) is 11.3. The van der Waals surface area contributed by atoms with Gasteiger partial charge in [0.2, 0.25) is 0 Å². The second-order valence-electron chi connectivity index (χ2n) is 9.76. The first-order chi connectivity index (χ1) is 16.4. The standard InChI is InChI=1S/C27H31F2NO5/c1-25(2,3)35-24(31)30-27(17-33-26(4,5)34-18-27)14-13-19-11-12-22(21(15-19)23(28)29)32-16-20-9-7-6-8-10-20/h6-12,15,23H,16-18H2,1-5H3,(H,30,31). The Morgan fingerprint density at radius 1 is 1.11 bits per heavy atom. The minimum absolute atomic E-state index is 0.0339. The number of carbonyl (C=O) groups is 1. The van der Waals surface area contributed by atoms with Gasteiger partial charge >= 0.3 is 6.09 Å². The molecule has 2 aromatic carbocycles. The van der Waals surface area contributed by atoms with E-state index in [1.54, 1.807) is 40.7 Å². The van der Waals surface area contributed by atoms with E-state index in [-0.39, 0.29) is 31.1 Å². The van der Waals surface area contributed by atoms with Gasteiger partial charge in [-0.3, -0.25) is 0 Å². The van der Waals surface area contributed by atoms with Gasteiger partial charge in [-0.1, -0.05) is 42.2 Å². The molecule has 3 rings (SSSR count). The van der Waals surface area contributed by atoms with Gasteiger partial charge in [0.05, 0.1) is 18.8 Å². The molecule has 1 amide bonds. The third kappa shape index (κ3) is 7.94. The predicted octanol–water partition coefficient (Wildman–Crippen LogP) is 5.60. The summed E-state index contributed by atoms with van der Waals surface area (Å²) in [6, 6.07) is 13.6. The summed E-state index contributed by atoms with van der Waals surface area (Å²) in [6.07, 6.45) is -3.44. The maximum atomic E-state index is 13.8. The summed E-state index contributed by atoms with van der Waals surface area (Å²) in [5, 5.41) is 2.73. The Balaban J connectivity index is 1.83. The molecule has 1 aliphatic heterocycles. The van der Waals surface area contributed by atoms with Gasteiger partial charge in [0.1, 0.15) is 18.0 Å². The number of carbonyl (C=O) groups excluding carboxylic acids is 1. The maximum Gasteiger partial charge on any atom is 0.409 e. The van der Waals surface area contributed by atoms with Crippen LogP contribution in [0, 0.1) is 11.8 Å². The smallest absolute Gasteiger partial charge is 0.409 e. The third-order valence-electron chi connectivity index (χ3n) is 5.00. The van der Waals surface area contributed by atoms with Crippen molar-refractivity contribution in [1.29, 1.82) is 0 Å². The number of hydrogen-bond acceptors (Lipinski definition) is 5. The van der Waals surface area contributed by atoms with Crippen molar-refractivity contribution in [1.82, 2.24) is 5.32 Å². The molecular weight excluding hydrogens is 456 g/mol. The van der Waals surface area contributed by atoms with Crippen LogP contribution in [0.4, 0.5) is 13.6 Å². The van der Waals surface area contributed by atoms with E-state index >= 15 is 0 Å². The van der Waals surface area contributed by atoms with Crippen LogP contribution in [0.2, 0.25) is 0 Å². The van der Waals surface area contributed by atoms with E-state index in [1.165, 1.54) is 12.1 Å². The van der Waals surface area contributed by atoms with E-state index in [9.17, 15) is 13.6 Å². The number of amides is 1. The highest BCUT2D eigenvalue weighted by molar-refractivity contribution is 5.70. The number of nitrogens with one attached hydrogen (secondary N) is 1. The molecule has 1 heterocycles. The molecule has 188 valence electrons. The van der Waals surface area contributed by atoms with Crippen molar-refractivity contribution in [3.05, 3.63) is 65.2 Å². The molecule has 35 heavy (non-hydrogen) atoms.